The van der Waals surface area contributed by atoms with E-state index in [1.54, 1.807) is 6.33 Å². The lowest BCUT2D eigenvalue weighted by atomic mass is 9.97. The van der Waals surface area contributed by atoms with Gasteiger partial charge in [0.1, 0.15) is 12.1 Å². The van der Waals surface area contributed by atoms with Crippen LogP contribution in [0.2, 0.25) is 0 Å². The zero-order chi connectivity index (χ0) is 22.1. The topological polar surface area (TPSA) is 94.4 Å². The van der Waals surface area contributed by atoms with E-state index in [4.69, 9.17) is 9.47 Å². The van der Waals surface area contributed by atoms with Gasteiger partial charge in [-0.25, -0.2) is 14.6 Å². The van der Waals surface area contributed by atoms with Crippen LogP contribution in [0.1, 0.15) is 29.8 Å². The Kier molecular flexibility index (Phi) is 5.38. The zero-order valence-electron chi connectivity index (χ0n) is 18.2. The van der Waals surface area contributed by atoms with Crippen molar-refractivity contribution < 1.29 is 14.3 Å². The molecule has 1 amide bonds. The first-order valence-electron chi connectivity index (χ1n) is 10.8. The number of ether oxygens (including phenoxy) is 2. The number of aryl methyl sites for hydroxylation is 2. The van der Waals surface area contributed by atoms with Crippen LogP contribution in [0.25, 0.3) is 5.82 Å². The van der Waals surface area contributed by atoms with E-state index >= 15 is 0 Å². The standard InChI is InChI=1S/C23H26N6O3/c1-15-8-16(2)29(27-15)22-10-21(25-13-26-22)28-7-3-4-18(12-28)23(30)24-11-17-5-6-19-20(9-17)32-14-31-19/h5-6,8-10,13,18H,3-4,7,11-12,14H2,1-2H3,(H,24,30)/t18-/m0/s1. The van der Waals surface area contributed by atoms with Crippen LogP contribution in [0.4, 0.5) is 5.82 Å². The molecule has 3 aromatic rings. The molecular weight excluding hydrogens is 408 g/mol. The fourth-order valence-electron chi connectivity index (χ4n) is 4.27. The third kappa shape index (κ3) is 4.10. The molecule has 166 valence electrons. The lowest BCUT2D eigenvalue weighted by Crippen LogP contribution is -2.43. The summed E-state index contributed by atoms with van der Waals surface area (Å²) in [5.74, 6) is 2.98. The van der Waals surface area contributed by atoms with Gasteiger partial charge >= 0.3 is 0 Å². The summed E-state index contributed by atoms with van der Waals surface area (Å²) in [5.41, 5.74) is 2.95. The Labute approximate surface area is 186 Å². The molecule has 32 heavy (non-hydrogen) atoms. The van der Waals surface area contributed by atoms with Gasteiger partial charge in [0, 0.05) is 31.4 Å². The average molecular weight is 435 g/mol. The van der Waals surface area contributed by atoms with Crippen molar-refractivity contribution in [2.24, 2.45) is 5.92 Å². The summed E-state index contributed by atoms with van der Waals surface area (Å²) in [5, 5.41) is 7.58. The van der Waals surface area contributed by atoms with Crippen LogP contribution in [0.3, 0.4) is 0 Å². The van der Waals surface area contributed by atoms with Crippen molar-refractivity contribution in [3.8, 4) is 17.3 Å². The van der Waals surface area contributed by atoms with E-state index in [9.17, 15) is 4.79 Å². The molecule has 0 spiro atoms. The molecule has 0 saturated carbocycles. The van der Waals surface area contributed by atoms with Gasteiger partial charge in [-0.1, -0.05) is 6.07 Å². The van der Waals surface area contributed by atoms with Gasteiger partial charge in [-0.2, -0.15) is 5.10 Å². The average Bonchev–Trinajstić information content (AvgIpc) is 3.42. The van der Waals surface area contributed by atoms with E-state index in [0.29, 0.717) is 13.1 Å². The summed E-state index contributed by atoms with van der Waals surface area (Å²) in [6, 6.07) is 9.69. The zero-order valence-corrected chi connectivity index (χ0v) is 18.2. The van der Waals surface area contributed by atoms with Gasteiger partial charge in [0.25, 0.3) is 0 Å². The second-order valence-electron chi connectivity index (χ2n) is 8.26. The first-order valence-corrected chi connectivity index (χ1v) is 10.8. The first kappa shape index (κ1) is 20.3. The number of benzene rings is 1. The minimum absolute atomic E-state index is 0.0557. The summed E-state index contributed by atoms with van der Waals surface area (Å²) in [6.45, 7) is 6.15. The lowest BCUT2D eigenvalue weighted by molar-refractivity contribution is -0.125. The van der Waals surface area contributed by atoms with Crippen molar-refractivity contribution in [1.82, 2.24) is 25.1 Å². The number of carbonyl (C=O) groups is 1. The number of nitrogens with zero attached hydrogens (tertiary/aromatic N) is 5. The molecule has 1 aromatic carbocycles. The van der Waals surface area contributed by atoms with Gasteiger partial charge in [0.05, 0.1) is 11.6 Å². The summed E-state index contributed by atoms with van der Waals surface area (Å²) >= 11 is 0. The first-order chi connectivity index (χ1) is 15.6. The molecule has 4 heterocycles. The third-order valence-corrected chi connectivity index (χ3v) is 5.88. The Morgan fingerprint density at radius 3 is 2.81 bits per heavy atom. The molecule has 9 nitrogen and oxygen atoms in total. The Morgan fingerprint density at radius 2 is 1.97 bits per heavy atom. The Hall–Kier alpha value is -3.62. The molecule has 5 rings (SSSR count). The SMILES string of the molecule is Cc1cc(C)n(-c2cc(N3CCC[C@H](C(=O)NCc4ccc5c(c4)OCO5)C3)ncn2)n1. The molecule has 0 radical (unpaired) electrons. The number of nitrogens with one attached hydrogen (secondary N) is 1. The minimum atomic E-state index is -0.0927. The molecule has 2 aliphatic heterocycles. The second-order valence-corrected chi connectivity index (χ2v) is 8.26. The van der Waals surface area contributed by atoms with E-state index in [1.807, 2.05) is 48.9 Å². The van der Waals surface area contributed by atoms with E-state index in [1.165, 1.54) is 0 Å². The Balaban J connectivity index is 1.24. The normalized spacial score (nSPS) is 17.4. The third-order valence-electron chi connectivity index (χ3n) is 5.88. The highest BCUT2D eigenvalue weighted by molar-refractivity contribution is 5.79. The Morgan fingerprint density at radius 1 is 1.12 bits per heavy atom. The fraction of sp³-hybridized carbons (Fsp3) is 0.391. The molecule has 2 aromatic heterocycles. The van der Waals surface area contributed by atoms with Crippen molar-refractivity contribution in [1.29, 1.82) is 0 Å². The molecule has 0 bridgehead atoms. The summed E-state index contributed by atoms with van der Waals surface area (Å²) in [6.07, 6.45) is 3.35. The van der Waals surface area contributed by atoms with E-state index < -0.39 is 0 Å². The molecule has 0 unspecified atom stereocenters. The quantitative estimate of drug-likeness (QED) is 0.659. The lowest BCUT2D eigenvalue weighted by Gasteiger charge is -2.33. The number of piperidine rings is 1. The maximum atomic E-state index is 12.9. The van der Waals surface area contributed by atoms with Crippen molar-refractivity contribution in [2.45, 2.75) is 33.2 Å². The van der Waals surface area contributed by atoms with Crippen LogP contribution in [0, 0.1) is 19.8 Å². The molecule has 0 aliphatic carbocycles. The number of carbonyl (C=O) groups excluding carboxylic acids is 1. The molecule has 1 fully saturated rings. The van der Waals surface area contributed by atoms with Crippen LogP contribution in [-0.2, 0) is 11.3 Å². The van der Waals surface area contributed by atoms with Gasteiger partial charge < -0.3 is 19.7 Å². The number of hydrogen-bond donors (Lipinski definition) is 1. The number of rotatable bonds is 5. The highest BCUT2D eigenvalue weighted by atomic mass is 16.7. The molecule has 1 atom stereocenters. The molecular formula is C23H26N6O3. The second kappa shape index (κ2) is 8.49. The highest BCUT2D eigenvalue weighted by Gasteiger charge is 2.27. The van der Waals surface area contributed by atoms with Crippen LogP contribution < -0.4 is 19.7 Å². The monoisotopic (exact) mass is 434 g/mol. The predicted octanol–water partition coefficient (Wildman–Crippen LogP) is 2.54. The van der Waals surface area contributed by atoms with Crippen LogP contribution in [0.15, 0.2) is 36.7 Å². The number of anilines is 1. The van der Waals surface area contributed by atoms with Crippen molar-refractivity contribution >= 4 is 11.7 Å². The summed E-state index contributed by atoms with van der Waals surface area (Å²) in [4.78, 5) is 23.9. The number of hydrogen-bond acceptors (Lipinski definition) is 7. The van der Waals surface area contributed by atoms with Gasteiger partial charge in [0.15, 0.2) is 17.3 Å². The largest absolute Gasteiger partial charge is 0.454 e. The van der Waals surface area contributed by atoms with E-state index in [0.717, 1.165) is 59.5 Å². The van der Waals surface area contributed by atoms with E-state index in [-0.39, 0.29) is 18.6 Å². The molecule has 2 aliphatic rings. The van der Waals surface area contributed by atoms with Gasteiger partial charge in [-0.3, -0.25) is 4.79 Å². The minimum Gasteiger partial charge on any atom is -0.454 e. The van der Waals surface area contributed by atoms with Crippen LogP contribution in [0.5, 0.6) is 11.5 Å². The van der Waals surface area contributed by atoms with Crippen molar-refractivity contribution in [3.63, 3.8) is 0 Å². The van der Waals surface area contributed by atoms with Crippen LogP contribution >= 0.6 is 0 Å². The summed E-state index contributed by atoms with van der Waals surface area (Å²) in [7, 11) is 0. The maximum absolute atomic E-state index is 12.9. The summed E-state index contributed by atoms with van der Waals surface area (Å²) < 4.78 is 12.6. The molecule has 9 heteroatoms. The number of aromatic nitrogens is 4. The molecule has 1 saturated heterocycles. The van der Waals surface area contributed by atoms with E-state index in [2.05, 4.69) is 25.3 Å². The van der Waals surface area contributed by atoms with Gasteiger partial charge in [0.2, 0.25) is 12.7 Å². The highest BCUT2D eigenvalue weighted by Crippen LogP contribution is 2.32. The van der Waals surface area contributed by atoms with Gasteiger partial charge in [-0.05, 0) is 50.5 Å². The fourth-order valence-corrected chi connectivity index (χ4v) is 4.27. The number of amides is 1. The Bertz CT molecular complexity index is 1140. The maximum Gasteiger partial charge on any atom is 0.231 e. The van der Waals surface area contributed by atoms with Gasteiger partial charge in [-0.15, -0.1) is 0 Å². The van der Waals surface area contributed by atoms with Crippen molar-refractivity contribution in [3.05, 3.63) is 53.6 Å². The smallest absolute Gasteiger partial charge is 0.231 e. The molecule has 1 N–H and O–H groups in total. The predicted molar refractivity (Wildman–Crippen MR) is 118 cm³/mol. The number of fused-ring (bicyclic) bond motifs is 1. The van der Waals surface area contributed by atoms with Crippen molar-refractivity contribution in [2.75, 3.05) is 24.8 Å². The van der Waals surface area contributed by atoms with Crippen LogP contribution in [-0.4, -0.2) is 45.5 Å².